The predicted octanol–water partition coefficient (Wildman–Crippen LogP) is 3.41. The number of benzene rings is 2. The lowest BCUT2D eigenvalue weighted by Gasteiger charge is -2.36. The van der Waals surface area contributed by atoms with Crippen molar-refractivity contribution in [3.8, 4) is 0 Å². The van der Waals surface area contributed by atoms with Gasteiger partial charge in [0.2, 0.25) is 10.0 Å². The lowest BCUT2D eigenvalue weighted by Crippen LogP contribution is -2.49. The van der Waals surface area contributed by atoms with Gasteiger partial charge < -0.3 is 9.64 Å². The SMILES string of the molecule is CCC(C)c1ccc(S(=O)(=O)N2CCN(c3ccc([N+](=O)[O-])cc3C(=O)OC)CC2)cc1. The minimum atomic E-state index is -3.64. The summed E-state index contributed by atoms with van der Waals surface area (Å²) in [6.45, 7) is 5.33. The number of methoxy groups -OCH3 is 1. The summed E-state index contributed by atoms with van der Waals surface area (Å²) in [7, 11) is -2.43. The van der Waals surface area contributed by atoms with Crippen LogP contribution in [-0.2, 0) is 14.8 Å². The normalized spacial score (nSPS) is 15.9. The molecule has 0 amide bonds. The molecule has 0 bridgehead atoms. The number of hydrogen-bond acceptors (Lipinski definition) is 7. The molecule has 0 spiro atoms. The third-order valence-corrected chi connectivity index (χ3v) is 7.79. The molecule has 0 aromatic heterocycles. The van der Waals surface area contributed by atoms with E-state index in [0.29, 0.717) is 24.7 Å². The smallest absolute Gasteiger partial charge is 0.340 e. The fraction of sp³-hybridized carbons (Fsp3) is 0.409. The van der Waals surface area contributed by atoms with Crippen molar-refractivity contribution < 1.29 is 22.9 Å². The average molecular weight is 462 g/mol. The zero-order valence-electron chi connectivity index (χ0n) is 18.4. The number of esters is 1. The molecule has 1 saturated heterocycles. The van der Waals surface area contributed by atoms with Gasteiger partial charge in [-0.05, 0) is 36.1 Å². The van der Waals surface area contributed by atoms with Crippen molar-refractivity contribution in [3.05, 3.63) is 63.7 Å². The topological polar surface area (TPSA) is 110 Å². The minimum Gasteiger partial charge on any atom is -0.465 e. The molecule has 1 heterocycles. The van der Waals surface area contributed by atoms with Crippen molar-refractivity contribution in [1.82, 2.24) is 4.31 Å². The highest BCUT2D eigenvalue weighted by Crippen LogP contribution is 2.29. The largest absolute Gasteiger partial charge is 0.465 e. The van der Waals surface area contributed by atoms with Crippen LogP contribution in [0.5, 0.6) is 0 Å². The molecule has 1 atom stereocenters. The number of rotatable bonds is 7. The Kier molecular flexibility index (Phi) is 7.15. The molecule has 3 rings (SSSR count). The van der Waals surface area contributed by atoms with Gasteiger partial charge in [0.05, 0.1) is 28.2 Å². The van der Waals surface area contributed by atoms with Gasteiger partial charge in [-0.1, -0.05) is 26.0 Å². The summed E-state index contributed by atoms with van der Waals surface area (Å²) in [5.41, 5.74) is 1.46. The second-order valence-electron chi connectivity index (χ2n) is 7.72. The van der Waals surface area contributed by atoms with E-state index < -0.39 is 20.9 Å². The molecule has 1 aliphatic heterocycles. The first-order chi connectivity index (χ1) is 15.2. The Morgan fingerprint density at radius 2 is 1.75 bits per heavy atom. The number of non-ortho nitro benzene ring substituents is 1. The number of carbonyl (C=O) groups is 1. The van der Waals surface area contributed by atoms with E-state index in [9.17, 15) is 23.3 Å². The van der Waals surface area contributed by atoms with Crippen LogP contribution in [0.25, 0.3) is 0 Å². The summed E-state index contributed by atoms with van der Waals surface area (Å²) < 4.78 is 32.4. The van der Waals surface area contributed by atoms with Gasteiger partial charge in [-0.15, -0.1) is 0 Å². The Morgan fingerprint density at radius 1 is 1.12 bits per heavy atom. The fourth-order valence-corrected chi connectivity index (χ4v) is 5.13. The number of sulfonamides is 1. The molecule has 2 aromatic rings. The van der Waals surface area contributed by atoms with Gasteiger partial charge in [0.25, 0.3) is 5.69 Å². The van der Waals surface area contributed by atoms with E-state index in [2.05, 4.69) is 13.8 Å². The van der Waals surface area contributed by atoms with Gasteiger partial charge in [-0.25, -0.2) is 13.2 Å². The fourth-order valence-electron chi connectivity index (χ4n) is 3.71. The molecule has 2 aromatic carbocycles. The van der Waals surface area contributed by atoms with Crippen molar-refractivity contribution in [1.29, 1.82) is 0 Å². The maximum Gasteiger partial charge on any atom is 0.340 e. The Balaban J connectivity index is 1.77. The molecule has 1 unspecified atom stereocenters. The summed E-state index contributed by atoms with van der Waals surface area (Å²) in [6.07, 6.45) is 0.976. The molecular weight excluding hydrogens is 434 g/mol. The Morgan fingerprint density at radius 3 is 2.28 bits per heavy atom. The number of carbonyl (C=O) groups excluding carboxylic acids is 1. The number of piperazine rings is 1. The first kappa shape index (κ1) is 23.7. The summed E-state index contributed by atoms with van der Waals surface area (Å²) in [5, 5.41) is 11.1. The Hall–Kier alpha value is -2.98. The summed E-state index contributed by atoms with van der Waals surface area (Å²) in [5.74, 6) is -0.318. The van der Waals surface area contributed by atoms with Crippen molar-refractivity contribution in [2.24, 2.45) is 0 Å². The molecule has 32 heavy (non-hydrogen) atoms. The monoisotopic (exact) mass is 461 g/mol. The van der Waals surface area contributed by atoms with E-state index in [1.54, 1.807) is 12.1 Å². The summed E-state index contributed by atoms with van der Waals surface area (Å²) in [4.78, 5) is 24.8. The van der Waals surface area contributed by atoms with E-state index in [-0.39, 0.29) is 29.2 Å². The molecule has 1 aliphatic rings. The number of nitro groups is 1. The summed E-state index contributed by atoms with van der Waals surface area (Å²) in [6, 6.07) is 11.0. The molecular formula is C22H27N3O6S. The molecule has 1 fully saturated rings. The molecule has 0 saturated carbocycles. The van der Waals surface area contributed by atoms with Crippen LogP contribution < -0.4 is 4.90 Å². The summed E-state index contributed by atoms with van der Waals surface area (Å²) >= 11 is 0. The van der Waals surface area contributed by atoms with Crippen LogP contribution in [0.2, 0.25) is 0 Å². The zero-order chi connectivity index (χ0) is 23.5. The highest BCUT2D eigenvalue weighted by molar-refractivity contribution is 7.89. The van der Waals surface area contributed by atoms with Crippen molar-refractivity contribution in [2.75, 3.05) is 38.2 Å². The quantitative estimate of drug-likeness (QED) is 0.353. The zero-order valence-corrected chi connectivity index (χ0v) is 19.2. The molecule has 0 N–H and O–H groups in total. The lowest BCUT2D eigenvalue weighted by molar-refractivity contribution is -0.384. The molecule has 9 nitrogen and oxygen atoms in total. The van der Waals surface area contributed by atoms with E-state index >= 15 is 0 Å². The van der Waals surface area contributed by atoms with E-state index in [4.69, 9.17) is 4.74 Å². The maximum absolute atomic E-state index is 13.1. The van der Waals surface area contributed by atoms with E-state index in [0.717, 1.165) is 12.0 Å². The van der Waals surface area contributed by atoms with Crippen molar-refractivity contribution in [3.63, 3.8) is 0 Å². The average Bonchev–Trinajstić information content (AvgIpc) is 2.82. The maximum atomic E-state index is 13.1. The van der Waals surface area contributed by atoms with Crippen LogP contribution in [-0.4, -0.2) is 56.9 Å². The molecule has 0 aliphatic carbocycles. The number of anilines is 1. The minimum absolute atomic E-state index is 0.0821. The predicted molar refractivity (Wildman–Crippen MR) is 121 cm³/mol. The van der Waals surface area contributed by atoms with Crippen molar-refractivity contribution >= 4 is 27.4 Å². The van der Waals surface area contributed by atoms with Crippen LogP contribution >= 0.6 is 0 Å². The molecule has 0 radical (unpaired) electrons. The third-order valence-electron chi connectivity index (χ3n) is 5.87. The standard InChI is InChI=1S/C22H27N3O6S/c1-4-16(2)17-5-8-19(9-6-17)32(29,30)24-13-11-23(12-14-24)21-10-7-18(25(27)28)15-20(21)22(26)31-3/h5-10,15-16H,4,11-14H2,1-3H3. The van der Waals surface area contributed by atoms with Crippen LogP contribution in [0, 0.1) is 10.1 Å². The number of hydrogen-bond donors (Lipinski definition) is 0. The van der Waals surface area contributed by atoms with Crippen LogP contribution in [0.1, 0.15) is 42.1 Å². The van der Waals surface area contributed by atoms with E-state index in [1.165, 1.54) is 29.6 Å². The van der Waals surface area contributed by atoms with Gasteiger partial charge in [0.1, 0.15) is 0 Å². The highest BCUT2D eigenvalue weighted by Gasteiger charge is 2.30. The van der Waals surface area contributed by atoms with Gasteiger partial charge in [-0.3, -0.25) is 10.1 Å². The Labute approximate surface area is 187 Å². The molecule has 172 valence electrons. The lowest BCUT2D eigenvalue weighted by atomic mass is 9.99. The second kappa shape index (κ2) is 9.66. The molecule has 10 heteroatoms. The number of ether oxygens (including phenoxy) is 1. The second-order valence-corrected chi connectivity index (χ2v) is 9.66. The van der Waals surface area contributed by atoms with Crippen molar-refractivity contribution in [2.45, 2.75) is 31.1 Å². The first-order valence-corrected chi connectivity index (χ1v) is 11.8. The van der Waals surface area contributed by atoms with Gasteiger partial charge >= 0.3 is 5.97 Å². The highest BCUT2D eigenvalue weighted by atomic mass is 32.2. The number of nitro benzene ring substituents is 1. The third kappa shape index (κ3) is 4.76. The van der Waals surface area contributed by atoms with Gasteiger partial charge in [0, 0.05) is 38.3 Å². The van der Waals surface area contributed by atoms with Gasteiger partial charge in [-0.2, -0.15) is 4.31 Å². The Bertz CT molecular complexity index is 1090. The van der Waals surface area contributed by atoms with Crippen LogP contribution in [0.3, 0.4) is 0 Å². The van der Waals surface area contributed by atoms with E-state index in [1.807, 2.05) is 17.0 Å². The number of nitrogens with zero attached hydrogens (tertiary/aromatic N) is 3. The van der Waals surface area contributed by atoms with Gasteiger partial charge in [0.15, 0.2) is 0 Å². The van der Waals surface area contributed by atoms with Crippen LogP contribution in [0.4, 0.5) is 11.4 Å². The first-order valence-electron chi connectivity index (χ1n) is 10.4. The van der Waals surface area contributed by atoms with Crippen LogP contribution in [0.15, 0.2) is 47.4 Å².